The number of piperazine rings is 1. The number of ether oxygens (including phenoxy) is 2. The van der Waals surface area contributed by atoms with Crippen molar-refractivity contribution in [1.82, 2.24) is 29.7 Å². The predicted molar refractivity (Wildman–Crippen MR) is 140 cm³/mol. The van der Waals surface area contributed by atoms with Crippen molar-refractivity contribution in [3.05, 3.63) is 66.8 Å². The number of nitrogens with one attached hydrogen (secondary N) is 1. The maximum Gasteiger partial charge on any atom is 0.414 e. The van der Waals surface area contributed by atoms with Crippen LogP contribution in [0.15, 0.2) is 59.8 Å². The van der Waals surface area contributed by atoms with Gasteiger partial charge >= 0.3 is 6.09 Å². The third-order valence-electron chi connectivity index (χ3n) is 6.82. The van der Waals surface area contributed by atoms with E-state index in [0.29, 0.717) is 43.2 Å². The Balaban J connectivity index is 0.991. The number of hydrogen-bond acceptors (Lipinski definition) is 10. The molecule has 0 radical (unpaired) electrons. The highest BCUT2D eigenvalue weighted by Crippen LogP contribution is 2.29. The zero-order chi connectivity index (χ0) is 28.3. The fourth-order valence-electron chi connectivity index (χ4n) is 4.70. The molecule has 2 aliphatic rings. The number of cyclic esters (lactones) is 1. The topological polar surface area (TPSA) is 148 Å². The minimum atomic E-state index is -0.594. The molecule has 3 amide bonds. The van der Waals surface area contributed by atoms with Crippen LogP contribution in [0.4, 0.5) is 20.6 Å². The number of anilines is 2. The van der Waals surface area contributed by atoms with Gasteiger partial charge in [-0.2, -0.15) is 0 Å². The number of fused-ring (bicyclic) bond motifs is 1. The zero-order valence-corrected chi connectivity index (χ0v) is 21.7. The molecular weight excluding hydrogens is 539 g/mol. The van der Waals surface area contributed by atoms with Crippen molar-refractivity contribution in [3.8, 4) is 5.88 Å². The molecule has 2 saturated heterocycles. The van der Waals surface area contributed by atoms with Gasteiger partial charge in [-0.25, -0.2) is 14.2 Å². The minimum Gasteiger partial charge on any atom is -0.471 e. The van der Waals surface area contributed by atoms with Crippen molar-refractivity contribution >= 4 is 34.9 Å². The summed E-state index contributed by atoms with van der Waals surface area (Å²) in [7, 11) is 0. The monoisotopic (exact) mass is 564 g/mol. The molecule has 41 heavy (non-hydrogen) atoms. The summed E-state index contributed by atoms with van der Waals surface area (Å²) in [6, 6.07) is 6.10. The van der Waals surface area contributed by atoms with E-state index in [4.69, 9.17) is 14.0 Å². The van der Waals surface area contributed by atoms with Gasteiger partial charge in [-0.3, -0.25) is 19.5 Å². The van der Waals surface area contributed by atoms with Crippen LogP contribution < -0.4 is 19.9 Å². The molecule has 0 saturated carbocycles. The highest BCUT2D eigenvalue weighted by atomic mass is 19.1. The fraction of sp³-hybridized carbons (Fsp3) is 0.308. The summed E-state index contributed by atoms with van der Waals surface area (Å²) in [5, 5.41) is 6.25. The molecule has 0 bridgehead atoms. The molecule has 2 aliphatic heterocycles. The first-order valence-electron chi connectivity index (χ1n) is 12.8. The highest BCUT2D eigenvalue weighted by molar-refractivity contribution is 5.95. The molecule has 0 spiro atoms. The van der Waals surface area contributed by atoms with E-state index in [1.807, 2.05) is 4.90 Å². The van der Waals surface area contributed by atoms with Crippen LogP contribution in [-0.4, -0.2) is 94.3 Å². The number of amides is 3. The van der Waals surface area contributed by atoms with Crippen molar-refractivity contribution in [3.63, 3.8) is 0 Å². The SMILES string of the molecule is O=C(NCC(=O)N1CCN(c2ccc(N3CC(COc4ccon4)OC3=O)cc2F)CC1)c1cn2ccncc2n1. The summed E-state index contributed by atoms with van der Waals surface area (Å²) >= 11 is 0. The highest BCUT2D eigenvalue weighted by Gasteiger charge is 2.34. The minimum absolute atomic E-state index is 0.0836. The maximum atomic E-state index is 15.1. The molecule has 1 atom stereocenters. The molecule has 2 fully saturated rings. The second-order valence-corrected chi connectivity index (χ2v) is 9.42. The number of imidazole rings is 1. The first kappa shape index (κ1) is 26.0. The van der Waals surface area contributed by atoms with E-state index in [-0.39, 0.29) is 37.2 Å². The van der Waals surface area contributed by atoms with Crippen LogP contribution in [0.1, 0.15) is 10.5 Å². The summed E-state index contributed by atoms with van der Waals surface area (Å²) in [5.41, 5.74) is 1.45. The lowest BCUT2D eigenvalue weighted by Crippen LogP contribution is -2.51. The van der Waals surface area contributed by atoms with E-state index in [1.54, 1.807) is 46.1 Å². The van der Waals surface area contributed by atoms with Gasteiger partial charge in [0.1, 0.15) is 24.4 Å². The summed E-state index contributed by atoms with van der Waals surface area (Å²) in [6.45, 7) is 1.64. The Labute approximate surface area is 232 Å². The van der Waals surface area contributed by atoms with E-state index in [0.717, 1.165) is 0 Å². The second-order valence-electron chi connectivity index (χ2n) is 9.42. The van der Waals surface area contributed by atoms with Crippen molar-refractivity contribution in [2.75, 3.05) is 55.7 Å². The quantitative estimate of drug-likeness (QED) is 0.332. The molecule has 14 nitrogen and oxygen atoms in total. The fourth-order valence-corrected chi connectivity index (χ4v) is 4.70. The lowest BCUT2D eigenvalue weighted by molar-refractivity contribution is -0.130. The zero-order valence-electron chi connectivity index (χ0n) is 21.7. The van der Waals surface area contributed by atoms with Crippen molar-refractivity contribution in [2.24, 2.45) is 0 Å². The Bertz CT molecular complexity index is 1540. The Hall–Kier alpha value is -5.21. The van der Waals surface area contributed by atoms with Gasteiger partial charge < -0.3 is 33.5 Å². The van der Waals surface area contributed by atoms with Crippen molar-refractivity contribution in [2.45, 2.75) is 6.10 Å². The largest absolute Gasteiger partial charge is 0.471 e. The standard InChI is InChI=1S/C26H25FN8O6/c27-19-11-17(35-14-18(41-26(35)38)16-39-23-3-10-40-31-23)1-2-21(19)32-6-8-33(9-7-32)24(36)13-29-25(37)20-15-34-5-4-28-12-22(34)30-20/h1-5,10-12,15,18H,6-9,13-14,16H2,(H,29,37). The Morgan fingerprint density at radius 2 is 2.02 bits per heavy atom. The van der Waals surface area contributed by atoms with Gasteiger partial charge in [0.25, 0.3) is 11.8 Å². The number of benzene rings is 1. The number of halogens is 1. The van der Waals surface area contributed by atoms with E-state index in [9.17, 15) is 14.4 Å². The predicted octanol–water partition coefficient (Wildman–Crippen LogP) is 1.34. The van der Waals surface area contributed by atoms with Crippen LogP contribution in [-0.2, 0) is 9.53 Å². The van der Waals surface area contributed by atoms with Crippen LogP contribution in [0.2, 0.25) is 0 Å². The normalized spacial score (nSPS) is 17.1. The van der Waals surface area contributed by atoms with E-state index in [2.05, 4.69) is 20.4 Å². The van der Waals surface area contributed by atoms with Crippen LogP contribution in [0, 0.1) is 5.82 Å². The molecule has 6 rings (SSSR count). The number of hydrogen-bond donors (Lipinski definition) is 1. The molecule has 212 valence electrons. The molecule has 4 aromatic rings. The molecule has 1 N–H and O–H groups in total. The van der Waals surface area contributed by atoms with Gasteiger partial charge in [0, 0.05) is 50.8 Å². The molecule has 3 aromatic heterocycles. The van der Waals surface area contributed by atoms with Crippen molar-refractivity contribution < 1.29 is 32.8 Å². The Kier molecular flexibility index (Phi) is 7.06. The first-order chi connectivity index (χ1) is 19.9. The van der Waals surface area contributed by atoms with Gasteiger partial charge in [0.05, 0.1) is 30.7 Å². The maximum absolute atomic E-state index is 15.1. The second kappa shape index (κ2) is 11.1. The molecular formula is C26H25FN8O6. The number of aromatic nitrogens is 4. The molecule has 15 heteroatoms. The number of carbonyl (C=O) groups excluding carboxylic acids is 3. The van der Waals surface area contributed by atoms with Crippen LogP contribution in [0.5, 0.6) is 5.88 Å². The lowest BCUT2D eigenvalue weighted by atomic mass is 10.2. The molecule has 1 aromatic carbocycles. The first-order valence-corrected chi connectivity index (χ1v) is 12.8. The summed E-state index contributed by atoms with van der Waals surface area (Å²) in [5.74, 6) is -0.915. The average molecular weight is 565 g/mol. The van der Waals surface area contributed by atoms with E-state index >= 15 is 4.39 Å². The van der Waals surface area contributed by atoms with Crippen LogP contribution >= 0.6 is 0 Å². The van der Waals surface area contributed by atoms with Crippen LogP contribution in [0.25, 0.3) is 5.65 Å². The van der Waals surface area contributed by atoms with E-state index in [1.165, 1.54) is 23.4 Å². The number of rotatable bonds is 8. The smallest absolute Gasteiger partial charge is 0.414 e. The molecule has 5 heterocycles. The third kappa shape index (κ3) is 5.59. The number of carbonyl (C=O) groups is 3. The van der Waals surface area contributed by atoms with Crippen molar-refractivity contribution in [1.29, 1.82) is 0 Å². The van der Waals surface area contributed by atoms with Gasteiger partial charge in [0.15, 0.2) is 11.8 Å². The number of nitrogens with zero attached hydrogens (tertiary/aromatic N) is 7. The van der Waals surface area contributed by atoms with E-state index < -0.39 is 23.9 Å². The van der Waals surface area contributed by atoms with Gasteiger partial charge in [-0.05, 0) is 23.4 Å². The third-order valence-corrected chi connectivity index (χ3v) is 6.82. The average Bonchev–Trinajstić information content (AvgIpc) is 3.74. The molecule has 0 aliphatic carbocycles. The summed E-state index contributed by atoms with van der Waals surface area (Å²) in [4.78, 5) is 50.5. The van der Waals surface area contributed by atoms with Crippen LogP contribution in [0.3, 0.4) is 0 Å². The van der Waals surface area contributed by atoms with Gasteiger partial charge in [-0.15, -0.1) is 0 Å². The molecule has 1 unspecified atom stereocenters. The Morgan fingerprint density at radius 1 is 1.17 bits per heavy atom. The van der Waals surface area contributed by atoms with Gasteiger partial charge in [0.2, 0.25) is 5.91 Å². The summed E-state index contributed by atoms with van der Waals surface area (Å²) in [6.07, 6.45) is 6.58. The lowest BCUT2D eigenvalue weighted by Gasteiger charge is -2.36. The van der Waals surface area contributed by atoms with Gasteiger partial charge in [-0.1, -0.05) is 0 Å². The summed E-state index contributed by atoms with van der Waals surface area (Å²) < 4.78 is 32.3. The Morgan fingerprint density at radius 3 is 2.78 bits per heavy atom.